The minimum atomic E-state index is 0.712. The van der Waals surface area contributed by atoms with E-state index in [1.54, 1.807) is 11.3 Å². The Bertz CT molecular complexity index is 1080. The van der Waals surface area contributed by atoms with Gasteiger partial charge in [0.25, 0.3) is 0 Å². The zero-order valence-corrected chi connectivity index (χ0v) is 15.8. The molecule has 7 heteroatoms. The molecule has 0 fully saturated rings. The zero-order chi connectivity index (χ0) is 18.8. The number of rotatable bonds is 5. The molecule has 2 N–H and O–H groups in total. The summed E-state index contributed by atoms with van der Waals surface area (Å²) in [7, 11) is 0. The maximum Gasteiger partial charge on any atom is 0.167 e. The van der Waals surface area contributed by atoms with Crippen molar-refractivity contribution in [3.63, 3.8) is 0 Å². The van der Waals surface area contributed by atoms with Gasteiger partial charge in [-0.3, -0.25) is 5.10 Å². The Kier molecular flexibility index (Phi) is 4.52. The summed E-state index contributed by atoms with van der Waals surface area (Å²) in [5.41, 5.74) is 4.67. The molecule has 27 heavy (non-hydrogen) atoms. The number of benzene rings is 1. The van der Waals surface area contributed by atoms with Crippen LogP contribution in [0.5, 0.6) is 0 Å². The van der Waals surface area contributed by atoms with Crippen molar-refractivity contribution in [2.75, 3.05) is 5.32 Å². The number of allylic oxidation sites excluding steroid dienone is 1. The lowest BCUT2D eigenvalue weighted by molar-refractivity contribution is 1.10. The summed E-state index contributed by atoms with van der Waals surface area (Å²) < 4.78 is 0. The molecule has 0 atom stereocenters. The molecular formula is C20H18N6S. The maximum absolute atomic E-state index is 4.92. The Morgan fingerprint density at radius 1 is 1.11 bits per heavy atom. The highest BCUT2D eigenvalue weighted by Crippen LogP contribution is 2.39. The van der Waals surface area contributed by atoms with Crippen molar-refractivity contribution in [3.8, 4) is 32.5 Å². The fraction of sp³-hybridized carbons (Fsp3) is 0.100. The van der Waals surface area contributed by atoms with Gasteiger partial charge in [0.2, 0.25) is 0 Å². The Morgan fingerprint density at radius 3 is 2.63 bits per heavy atom. The average Bonchev–Trinajstić information content (AvgIpc) is 3.31. The van der Waals surface area contributed by atoms with Crippen LogP contribution >= 0.6 is 11.3 Å². The van der Waals surface area contributed by atoms with Crippen molar-refractivity contribution < 1.29 is 0 Å². The summed E-state index contributed by atoms with van der Waals surface area (Å²) in [5, 5.41) is 11.0. The number of H-pyrrole nitrogens is 1. The molecule has 134 valence electrons. The molecule has 0 saturated heterocycles. The van der Waals surface area contributed by atoms with Crippen LogP contribution < -0.4 is 5.32 Å². The third kappa shape index (κ3) is 3.63. The Morgan fingerprint density at radius 2 is 1.93 bits per heavy atom. The Labute approximate surface area is 161 Å². The summed E-state index contributed by atoms with van der Waals surface area (Å²) >= 11 is 1.58. The van der Waals surface area contributed by atoms with E-state index in [0.29, 0.717) is 5.82 Å². The van der Waals surface area contributed by atoms with Gasteiger partial charge in [-0.05, 0) is 26.0 Å². The number of nitrogens with zero attached hydrogens (tertiary/aromatic N) is 4. The lowest BCUT2D eigenvalue weighted by Crippen LogP contribution is -1.98. The number of anilines is 1. The minimum Gasteiger partial charge on any atom is -0.345 e. The number of aromatic nitrogens is 5. The molecule has 1 aromatic carbocycles. The lowest BCUT2D eigenvalue weighted by Gasteiger charge is -2.07. The monoisotopic (exact) mass is 374 g/mol. The van der Waals surface area contributed by atoms with Crippen LogP contribution in [0.4, 0.5) is 5.82 Å². The van der Waals surface area contributed by atoms with Gasteiger partial charge in [-0.15, -0.1) is 11.3 Å². The minimum absolute atomic E-state index is 0.712. The van der Waals surface area contributed by atoms with Crippen LogP contribution in [0.2, 0.25) is 0 Å². The molecule has 4 aromatic rings. The van der Waals surface area contributed by atoms with Crippen molar-refractivity contribution in [2.24, 2.45) is 0 Å². The normalized spacial score (nSPS) is 10.7. The van der Waals surface area contributed by atoms with E-state index in [2.05, 4.69) is 32.1 Å². The summed E-state index contributed by atoms with van der Waals surface area (Å²) in [4.78, 5) is 14.7. The van der Waals surface area contributed by atoms with Crippen LogP contribution in [-0.2, 0) is 0 Å². The van der Waals surface area contributed by atoms with Gasteiger partial charge in [-0.1, -0.05) is 36.9 Å². The number of pyridine rings is 1. The molecule has 3 aromatic heterocycles. The second-order valence-electron chi connectivity index (χ2n) is 6.18. The number of nitrogens with one attached hydrogen (secondary N) is 2. The highest BCUT2D eigenvalue weighted by atomic mass is 32.1. The second-order valence-corrected chi connectivity index (χ2v) is 7.18. The average molecular weight is 374 g/mol. The van der Waals surface area contributed by atoms with Crippen LogP contribution in [0.25, 0.3) is 32.5 Å². The van der Waals surface area contributed by atoms with Gasteiger partial charge in [-0.25, -0.2) is 15.0 Å². The third-order valence-electron chi connectivity index (χ3n) is 3.85. The van der Waals surface area contributed by atoms with E-state index in [-0.39, 0.29) is 0 Å². The van der Waals surface area contributed by atoms with Crippen LogP contribution in [0, 0.1) is 6.92 Å². The van der Waals surface area contributed by atoms with Crippen LogP contribution in [0.1, 0.15) is 12.6 Å². The standard InChI is InChI=1S/C20H18N6S/c1-12(2)23-16-10-15(9-13(3)24-16)20-25-17(14-7-5-4-6-8-14)18(27-20)19-21-11-22-26-19/h4-11H,1H2,2-3H3,(H,23,24)(H,21,22,26). The van der Waals surface area contributed by atoms with Gasteiger partial charge >= 0.3 is 0 Å². The fourth-order valence-corrected chi connectivity index (χ4v) is 3.81. The summed E-state index contributed by atoms with van der Waals surface area (Å²) in [6.45, 7) is 7.76. The van der Waals surface area contributed by atoms with E-state index in [4.69, 9.17) is 4.98 Å². The zero-order valence-electron chi connectivity index (χ0n) is 15.0. The highest BCUT2D eigenvalue weighted by Gasteiger charge is 2.18. The molecule has 0 spiro atoms. The van der Waals surface area contributed by atoms with E-state index < -0.39 is 0 Å². The van der Waals surface area contributed by atoms with Gasteiger partial charge in [0.1, 0.15) is 17.2 Å². The Hall–Kier alpha value is -3.32. The number of aromatic amines is 1. The first-order valence-corrected chi connectivity index (χ1v) is 9.25. The first-order valence-electron chi connectivity index (χ1n) is 8.44. The number of aryl methyl sites for hydroxylation is 1. The molecule has 0 aliphatic rings. The second kappa shape index (κ2) is 7.13. The van der Waals surface area contributed by atoms with Gasteiger partial charge in [-0.2, -0.15) is 5.10 Å². The number of thiazole rings is 1. The molecule has 3 heterocycles. The molecule has 0 saturated carbocycles. The fourth-order valence-electron chi connectivity index (χ4n) is 2.79. The quantitative estimate of drug-likeness (QED) is 0.519. The first-order chi connectivity index (χ1) is 13.1. The van der Waals surface area contributed by atoms with Crippen LogP contribution in [0.15, 0.2) is 61.1 Å². The van der Waals surface area contributed by atoms with Gasteiger partial charge in [0.15, 0.2) is 5.82 Å². The van der Waals surface area contributed by atoms with Gasteiger partial charge < -0.3 is 5.32 Å². The molecule has 6 nitrogen and oxygen atoms in total. The van der Waals surface area contributed by atoms with Crippen molar-refractivity contribution in [1.82, 2.24) is 25.1 Å². The van der Waals surface area contributed by atoms with E-state index in [1.165, 1.54) is 6.33 Å². The molecule has 0 unspecified atom stereocenters. The molecular weight excluding hydrogens is 356 g/mol. The molecule has 0 aliphatic heterocycles. The topological polar surface area (TPSA) is 79.4 Å². The van der Waals surface area contributed by atoms with Crippen molar-refractivity contribution in [1.29, 1.82) is 0 Å². The van der Waals surface area contributed by atoms with Gasteiger partial charge in [0, 0.05) is 22.5 Å². The van der Waals surface area contributed by atoms with Crippen LogP contribution in [-0.4, -0.2) is 25.1 Å². The predicted octanol–water partition coefficient (Wildman–Crippen LogP) is 4.91. The van der Waals surface area contributed by atoms with Crippen LogP contribution in [0.3, 0.4) is 0 Å². The molecule has 0 amide bonds. The largest absolute Gasteiger partial charge is 0.345 e. The molecule has 0 radical (unpaired) electrons. The molecule has 4 rings (SSSR count). The van der Waals surface area contributed by atoms with Crippen molar-refractivity contribution in [3.05, 3.63) is 66.8 Å². The maximum atomic E-state index is 4.92. The Balaban J connectivity index is 1.85. The number of hydrogen-bond acceptors (Lipinski definition) is 6. The van der Waals surface area contributed by atoms with E-state index >= 15 is 0 Å². The van der Waals surface area contributed by atoms with E-state index in [1.807, 2.05) is 56.3 Å². The third-order valence-corrected chi connectivity index (χ3v) is 4.96. The first kappa shape index (κ1) is 17.1. The van der Waals surface area contributed by atoms with E-state index in [0.717, 1.165) is 43.9 Å². The number of hydrogen-bond donors (Lipinski definition) is 2. The van der Waals surface area contributed by atoms with Crippen molar-refractivity contribution >= 4 is 17.2 Å². The smallest absolute Gasteiger partial charge is 0.167 e. The SMILES string of the molecule is C=C(C)Nc1cc(-c2nc(-c3ccccc3)c(-c3ncn[nH]3)s2)cc(C)n1. The lowest BCUT2D eigenvalue weighted by atomic mass is 10.1. The molecule has 0 aliphatic carbocycles. The van der Waals surface area contributed by atoms with Gasteiger partial charge in [0.05, 0.1) is 10.6 Å². The predicted molar refractivity (Wildman–Crippen MR) is 109 cm³/mol. The summed E-state index contributed by atoms with van der Waals surface area (Å²) in [6, 6.07) is 14.1. The highest BCUT2D eigenvalue weighted by molar-refractivity contribution is 7.18. The summed E-state index contributed by atoms with van der Waals surface area (Å²) in [6.07, 6.45) is 1.51. The van der Waals surface area contributed by atoms with E-state index in [9.17, 15) is 0 Å². The summed E-state index contributed by atoms with van der Waals surface area (Å²) in [5.74, 6) is 1.47. The van der Waals surface area contributed by atoms with Crippen molar-refractivity contribution in [2.45, 2.75) is 13.8 Å². The molecule has 0 bridgehead atoms.